The SMILES string of the molecule is O=C(O)c1cc(-c2ccc(OCCCOC3CCCCO3)cc2)c(-c2ccccc2Cl)s1. The van der Waals surface area contributed by atoms with Crippen LogP contribution in [0.3, 0.4) is 0 Å². The van der Waals surface area contributed by atoms with E-state index in [0.717, 1.165) is 59.6 Å². The summed E-state index contributed by atoms with van der Waals surface area (Å²) in [6.07, 6.45) is 3.94. The zero-order valence-corrected chi connectivity index (χ0v) is 19.2. The van der Waals surface area contributed by atoms with Crippen molar-refractivity contribution in [2.75, 3.05) is 19.8 Å². The van der Waals surface area contributed by atoms with Gasteiger partial charge in [0.1, 0.15) is 10.6 Å². The number of carbonyl (C=O) groups is 1. The molecule has 1 fully saturated rings. The number of thiophene rings is 1. The van der Waals surface area contributed by atoms with Gasteiger partial charge in [0.05, 0.1) is 13.2 Å². The Morgan fingerprint density at radius 2 is 1.91 bits per heavy atom. The van der Waals surface area contributed by atoms with Gasteiger partial charge in [-0.05, 0) is 49.1 Å². The number of hydrogen-bond acceptors (Lipinski definition) is 5. The van der Waals surface area contributed by atoms with E-state index in [-0.39, 0.29) is 11.2 Å². The van der Waals surface area contributed by atoms with E-state index in [9.17, 15) is 9.90 Å². The van der Waals surface area contributed by atoms with Crippen molar-refractivity contribution >= 4 is 28.9 Å². The number of ether oxygens (including phenoxy) is 3. The van der Waals surface area contributed by atoms with Crippen molar-refractivity contribution < 1.29 is 24.1 Å². The lowest BCUT2D eigenvalue weighted by Crippen LogP contribution is -2.23. The molecule has 1 aromatic heterocycles. The van der Waals surface area contributed by atoms with E-state index in [0.29, 0.717) is 18.2 Å². The fraction of sp³-hybridized carbons (Fsp3) is 0.320. The number of carboxylic acids is 1. The van der Waals surface area contributed by atoms with Crippen molar-refractivity contribution in [1.29, 1.82) is 0 Å². The summed E-state index contributed by atoms with van der Waals surface area (Å²) in [4.78, 5) is 12.7. The van der Waals surface area contributed by atoms with Crippen LogP contribution < -0.4 is 4.74 Å². The van der Waals surface area contributed by atoms with E-state index < -0.39 is 5.97 Å². The summed E-state index contributed by atoms with van der Waals surface area (Å²) in [6.45, 7) is 1.94. The van der Waals surface area contributed by atoms with Gasteiger partial charge in [0.2, 0.25) is 0 Å². The van der Waals surface area contributed by atoms with E-state index in [1.165, 1.54) is 11.3 Å². The molecule has 7 heteroatoms. The predicted molar refractivity (Wildman–Crippen MR) is 127 cm³/mol. The lowest BCUT2D eigenvalue weighted by molar-refractivity contribution is -0.163. The maximum absolute atomic E-state index is 11.6. The van der Waals surface area contributed by atoms with E-state index >= 15 is 0 Å². The summed E-state index contributed by atoms with van der Waals surface area (Å²) in [5.41, 5.74) is 2.57. The monoisotopic (exact) mass is 472 g/mol. The third kappa shape index (κ3) is 5.70. The van der Waals surface area contributed by atoms with Crippen LogP contribution in [0.5, 0.6) is 5.75 Å². The third-order valence-corrected chi connectivity index (χ3v) is 6.71. The van der Waals surface area contributed by atoms with Crippen molar-refractivity contribution in [3.8, 4) is 27.3 Å². The molecule has 0 bridgehead atoms. The molecule has 3 aromatic rings. The average Bonchev–Trinajstić information content (AvgIpc) is 3.26. The topological polar surface area (TPSA) is 65.0 Å². The van der Waals surface area contributed by atoms with Crippen LogP contribution in [0.15, 0.2) is 54.6 Å². The summed E-state index contributed by atoms with van der Waals surface area (Å²) in [6, 6.07) is 16.8. The van der Waals surface area contributed by atoms with Gasteiger partial charge in [0.25, 0.3) is 0 Å². The van der Waals surface area contributed by atoms with Crippen LogP contribution in [-0.4, -0.2) is 37.2 Å². The molecule has 1 atom stereocenters. The molecule has 0 aliphatic carbocycles. The number of rotatable bonds is 9. The fourth-order valence-electron chi connectivity index (χ4n) is 3.59. The molecule has 1 aliphatic rings. The van der Waals surface area contributed by atoms with Gasteiger partial charge in [0.15, 0.2) is 6.29 Å². The maximum Gasteiger partial charge on any atom is 0.345 e. The second kappa shape index (κ2) is 11.0. The highest BCUT2D eigenvalue weighted by atomic mass is 35.5. The van der Waals surface area contributed by atoms with Crippen molar-refractivity contribution in [2.45, 2.75) is 32.0 Å². The van der Waals surface area contributed by atoms with Crippen LogP contribution in [0.1, 0.15) is 35.4 Å². The van der Waals surface area contributed by atoms with Crippen molar-refractivity contribution in [3.63, 3.8) is 0 Å². The molecule has 0 saturated carbocycles. The Bertz CT molecular complexity index is 1040. The summed E-state index contributed by atoms with van der Waals surface area (Å²) in [7, 11) is 0. The van der Waals surface area contributed by atoms with Gasteiger partial charge in [-0.2, -0.15) is 0 Å². The quantitative estimate of drug-likeness (QED) is 0.349. The molecule has 0 amide bonds. The molecule has 4 rings (SSSR count). The number of carboxylic acid groups (broad SMARTS) is 1. The fourth-order valence-corrected chi connectivity index (χ4v) is 4.94. The molecular formula is C25H25ClO5S. The molecule has 1 N–H and O–H groups in total. The van der Waals surface area contributed by atoms with Gasteiger partial charge in [-0.3, -0.25) is 0 Å². The highest BCUT2D eigenvalue weighted by Gasteiger charge is 2.18. The molecule has 168 valence electrons. The minimum atomic E-state index is -0.949. The first kappa shape index (κ1) is 22.8. The minimum Gasteiger partial charge on any atom is -0.494 e. The van der Waals surface area contributed by atoms with Crippen LogP contribution in [0.25, 0.3) is 21.6 Å². The summed E-state index contributed by atoms with van der Waals surface area (Å²) >= 11 is 7.61. The molecule has 1 saturated heterocycles. The zero-order valence-electron chi connectivity index (χ0n) is 17.6. The van der Waals surface area contributed by atoms with Gasteiger partial charge >= 0.3 is 5.97 Å². The molecular weight excluding hydrogens is 448 g/mol. The Kier molecular flexibility index (Phi) is 7.81. The van der Waals surface area contributed by atoms with Gasteiger partial charge in [-0.25, -0.2) is 4.79 Å². The molecule has 2 heterocycles. The van der Waals surface area contributed by atoms with Crippen LogP contribution >= 0.6 is 22.9 Å². The molecule has 0 spiro atoms. The number of benzene rings is 2. The highest BCUT2D eigenvalue weighted by molar-refractivity contribution is 7.18. The van der Waals surface area contributed by atoms with E-state index in [1.54, 1.807) is 6.07 Å². The lowest BCUT2D eigenvalue weighted by Gasteiger charge is -2.22. The number of aromatic carboxylic acids is 1. The molecule has 0 radical (unpaired) electrons. The number of hydrogen-bond donors (Lipinski definition) is 1. The largest absolute Gasteiger partial charge is 0.494 e. The first-order valence-electron chi connectivity index (χ1n) is 10.7. The van der Waals surface area contributed by atoms with Crippen molar-refractivity contribution in [3.05, 3.63) is 64.5 Å². The summed E-state index contributed by atoms with van der Waals surface area (Å²) < 4.78 is 17.1. The Labute approximate surface area is 196 Å². The van der Waals surface area contributed by atoms with Crippen LogP contribution in [0.4, 0.5) is 0 Å². The third-order valence-electron chi connectivity index (χ3n) is 5.23. The summed E-state index contributed by atoms with van der Waals surface area (Å²) in [5.74, 6) is -0.189. The van der Waals surface area contributed by atoms with Crippen molar-refractivity contribution in [1.82, 2.24) is 0 Å². The van der Waals surface area contributed by atoms with Crippen molar-refractivity contribution in [2.24, 2.45) is 0 Å². The Balaban J connectivity index is 1.40. The number of halogens is 1. The van der Waals surface area contributed by atoms with Gasteiger partial charge < -0.3 is 19.3 Å². The summed E-state index contributed by atoms with van der Waals surface area (Å²) in [5, 5.41) is 10.1. The van der Waals surface area contributed by atoms with E-state index in [2.05, 4.69) is 0 Å². The first-order chi connectivity index (χ1) is 15.6. The lowest BCUT2D eigenvalue weighted by atomic mass is 10.0. The normalized spacial score (nSPS) is 16.1. The standard InChI is InChI=1S/C25H25ClO5S/c26-21-7-2-1-6-19(21)24-20(16-22(32-24)25(27)28)17-9-11-18(12-10-17)29-14-5-15-31-23-8-3-4-13-30-23/h1-2,6-7,9-12,16,23H,3-5,8,13-15H2,(H,27,28). The predicted octanol–water partition coefficient (Wildman–Crippen LogP) is 6.75. The smallest absolute Gasteiger partial charge is 0.345 e. The Hall–Kier alpha value is -2.38. The van der Waals surface area contributed by atoms with Crippen LogP contribution in [0.2, 0.25) is 5.02 Å². The molecule has 1 aliphatic heterocycles. The van der Waals surface area contributed by atoms with Crippen LogP contribution in [0, 0.1) is 0 Å². The minimum absolute atomic E-state index is 0.0725. The molecule has 5 nitrogen and oxygen atoms in total. The van der Waals surface area contributed by atoms with E-state index in [1.807, 2.05) is 48.5 Å². The van der Waals surface area contributed by atoms with E-state index in [4.69, 9.17) is 25.8 Å². The van der Waals surface area contributed by atoms with Gasteiger partial charge in [-0.15, -0.1) is 11.3 Å². The molecule has 1 unspecified atom stereocenters. The second-order valence-corrected chi connectivity index (χ2v) is 8.99. The van der Waals surface area contributed by atoms with Gasteiger partial charge in [0, 0.05) is 34.1 Å². The van der Waals surface area contributed by atoms with Gasteiger partial charge in [-0.1, -0.05) is 41.9 Å². The zero-order chi connectivity index (χ0) is 22.3. The maximum atomic E-state index is 11.6. The first-order valence-corrected chi connectivity index (χ1v) is 11.9. The molecule has 32 heavy (non-hydrogen) atoms. The molecule has 2 aromatic carbocycles. The average molecular weight is 473 g/mol. The Morgan fingerprint density at radius 1 is 1.09 bits per heavy atom. The Morgan fingerprint density at radius 3 is 2.62 bits per heavy atom. The second-order valence-electron chi connectivity index (χ2n) is 7.53. The van der Waals surface area contributed by atoms with Crippen LogP contribution in [-0.2, 0) is 9.47 Å². The highest BCUT2D eigenvalue weighted by Crippen LogP contribution is 2.42.